The number of nitrogens with zero attached hydrogens (tertiary/aromatic N) is 1. The second-order valence-corrected chi connectivity index (χ2v) is 4.61. The van der Waals surface area contributed by atoms with Gasteiger partial charge < -0.3 is 4.74 Å². The van der Waals surface area contributed by atoms with Crippen LogP contribution >= 0.6 is 0 Å². The predicted octanol–water partition coefficient (Wildman–Crippen LogP) is 3.24. The van der Waals surface area contributed by atoms with Crippen molar-refractivity contribution in [2.75, 3.05) is 0 Å². The lowest BCUT2D eigenvalue weighted by Crippen LogP contribution is -2.21. The van der Waals surface area contributed by atoms with Crippen LogP contribution in [0.15, 0.2) is 36.7 Å². The SMILES string of the molecule is Cc1ccncc1C1CC(=O)c2cc(F)ccc2O1. The summed E-state index contributed by atoms with van der Waals surface area (Å²) in [6.07, 6.45) is 3.27. The fraction of sp³-hybridized carbons (Fsp3) is 0.200. The van der Waals surface area contributed by atoms with Crippen LogP contribution in [0.2, 0.25) is 0 Å². The van der Waals surface area contributed by atoms with Gasteiger partial charge in [0.05, 0.1) is 12.0 Å². The highest BCUT2D eigenvalue weighted by atomic mass is 19.1. The zero-order valence-electron chi connectivity index (χ0n) is 10.4. The van der Waals surface area contributed by atoms with Crippen molar-refractivity contribution in [3.63, 3.8) is 0 Å². The first-order valence-electron chi connectivity index (χ1n) is 6.05. The highest BCUT2D eigenvalue weighted by molar-refractivity contribution is 6.00. The summed E-state index contributed by atoms with van der Waals surface area (Å²) in [5.41, 5.74) is 2.24. The molecule has 2 aromatic rings. The smallest absolute Gasteiger partial charge is 0.170 e. The molecular formula is C15H12FNO2. The van der Waals surface area contributed by atoms with Crippen LogP contribution in [0.25, 0.3) is 0 Å². The summed E-state index contributed by atoms with van der Waals surface area (Å²) in [4.78, 5) is 16.1. The van der Waals surface area contributed by atoms with E-state index in [9.17, 15) is 9.18 Å². The van der Waals surface area contributed by atoms with Crippen molar-refractivity contribution in [1.82, 2.24) is 4.98 Å². The van der Waals surface area contributed by atoms with Gasteiger partial charge in [-0.15, -0.1) is 0 Å². The summed E-state index contributed by atoms with van der Waals surface area (Å²) in [5, 5.41) is 0. The fourth-order valence-electron chi connectivity index (χ4n) is 2.28. The molecule has 1 atom stereocenters. The summed E-state index contributed by atoms with van der Waals surface area (Å²) in [6.45, 7) is 1.95. The van der Waals surface area contributed by atoms with Gasteiger partial charge >= 0.3 is 0 Å². The van der Waals surface area contributed by atoms with Gasteiger partial charge in [-0.25, -0.2) is 4.39 Å². The number of ether oxygens (including phenoxy) is 1. The lowest BCUT2D eigenvalue weighted by molar-refractivity contribution is 0.0848. The predicted molar refractivity (Wildman–Crippen MR) is 67.7 cm³/mol. The number of pyridine rings is 1. The third-order valence-electron chi connectivity index (χ3n) is 3.31. The number of ketones is 1. The standard InChI is InChI=1S/C15H12FNO2/c1-9-4-5-17-8-12(9)15-7-13(18)11-6-10(16)2-3-14(11)19-15/h2-6,8,15H,7H2,1H3. The first-order chi connectivity index (χ1) is 9.15. The Morgan fingerprint density at radius 1 is 1.37 bits per heavy atom. The first-order valence-corrected chi connectivity index (χ1v) is 6.05. The van der Waals surface area contributed by atoms with Crippen LogP contribution in [0.4, 0.5) is 4.39 Å². The molecule has 1 aliphatic rings. The minimum Gasteiger partial charge on any atom is -0.484 e. The maximum absolute atomic E-state index is 13.1. The summed E-state index contributed by atoms with van der Waals surface area (Å²) in [7, 11) is 0. The molecule has 0 amide bonds. The molecule has 3 nitrogen and oxygen atoms in total. The number of hydrogen-bond acceptors (Lipinski definition) is 3. The Bertz CT molecular complexity index is 654. The Kier molecular flexibility index (Phi) is 2.78. The van der Waals surface area contributed by atoms with Gasteiger partial charge in [0.15, 0.2) is 5.78 Å². The molecule has 0 saturated heterocycles. The molecule has 1 aromatic carbocycles. The van der Waals surface area contributed by atoms with Crippen LogP contribution in [0, 0.1) is 12.7 Å². The average molecular weight is 257 g/mol. The number of fused-ring (bicyclic) bond motifs is 1. The van der Waals surface area contributed by atoms with Gasteiger partial charge in [0.2, 0.25) is 0 Å². The van der Waals surface area contributed by atoms with Crippen LogP contribution in [0.1, 0.15) is 34.0 Å². The molecule has 19 heavy (non-hydrogen) atoms. The number of hydrogen-bond donors (Lipinski definition) is 0. The number of rotatable bonds is 1. The maximum Gasteiger partial charge on any atom is 0.170 e. The second-order valence-electron chi connectivity index (χ2n) is 4.61. The van der Waals surface area contributed by atoms with E-state index in [1.165, 1.54) is 18.2 Å². The summed E-state index contributed by atoms with van der Waals surface area (Å²) >= 11 is 0. The normalized spacial score (nSPS) is 17.8. The molecule has 3 rings (SSSR count). The van der Waals surface area contributed by atoms with Gasteiger partial charge in [-0.3, -0.25) is 9.78 Å². The number of Topliss-reactive ketones (excluding diaryl/α,β-unsaturated/α-hetero) is 1. The largest absolute Gasteiger partial charge is 0.484 e. The first kappa shape index (κ1) is 11.8. The number of benzene rings is 1. The Hall–Kier alpha value is -2.23. The van der Waals surface area contributed by atoms with Crippen molar-refractivity contribution in [1.29, 1.82) is 0 Å². The van der Waals surface area contributed by atoms with Crippen molar-refractivity contribution in [2.24, 2.45) is 0 Å². The van der Waals surface area contributed by atoms with E-state index in [4.69, 9.17) is 4.74 Å². The molecule has 96 valence electrons. The molecule has 2 heterocycles. The van der Waals surface area contributed by atoms with Gasteiger partial charge in [0, 0.05) is 18.0 Å². The molecule has 0 aliphatic carbocycles. The molecule has 0 N–H and O–H groups in total. The Morgan fingerprint density at radius 3 is 3.00 bits per heavy atom. The van der Waals surface area contributed by atoms with Crippen molar-refractivity contribution < 1.29 is 13.9 Å². The van der Waals surface area contributed by atoms with Crippen molar-refractivity contribution in [2.45, 2.75) is 19.4 Å². The number of aromatic nitrogens is 1. The minimum absolute atomic E-state index is 0.103. The molecule has 4 heteroatoms. The number of carbonyl (C=O) groups excluding carboxylic acids is 1. The van der Waals surface area contributed by atoms with Gasteiger partial charge in [-0.05, 0) is 36.8 Å². The molecule has 0 spiro atoms. The summed E-state index contributed by atoms with van der Waals surface area (Å²) in [5.74, 6) is -0.0911. The van der Waals surface area contributed by atoms with E-state index in [1.54, 1.807) is 12.4 Å². The lowest BCUT2D eigenvalue weighted by Gasteiger charge is -2.26. The zero-order chi connectivity index (χ0) is 13.4. The van der Waals surface area contributed by atoms with Crippen LogP contribution in [-0.4, -0.2) is 10.8 Å². The van der Waals surface area contributed by atoms with Crippen molar-refractivity contribution >= 4 is 5.78 Å². The monoisotopic (exact) mass is 257 g/mol. The van der Waals surface area contributed by atoms with E-state index in [0.717, 1.165) is 11.1 Å². The van der Waals surface area contributed by atoms with Gasteiger partial charge in [-0.2, -0.15) is 0 Å². The van der Waals surface area contributed by atoms with Crippen LogP contribution in [0.5, 0.6) is 5.75 Å². The van der Waals surface area contributed by atoms with E-state index >= 15 is 0 Å². The van der Waals surface area contributed by atoms with Gasteiger partial charge in [-0.1, -0.05) is 0 Å². The topological polar surface area (TPSA) is 39.2 Å². The minimum atomic E-state index is -0.424. The van der Waals surface area contributed by atoms with E-state index in [-0.39, 0.29) is 18.3 Å². The van der Waals surface area contributed by atoms with E-state index in [2.05, 4.69) is 4.98 Å². The molecule has 0 saturated carbocycles. The van der Waals surface area contributed by atoms with Crippen LogP contribution in [-0.2, 0) is 0 Å². The molecule has 0 radical (unpaired) electrons. The van der Waals surface area contributed by atoms with Crippen LogP contribution < -0.4 is 4.74 Å². The second kappa shape index (κ2) is 4.46. The van der Waals surface area contributed by atoms with Crippen molar-refractivity contribution in [3.8, 4) is 5.75 Å². The Morgan fingerprint density at radius 2 is 2.21 bits per heavy atom. The van der Waals surface area contributed by atoms with E-state index in [1.807, 2.05) is 13.0 Å². The molecule has 1 aromatic heterocycles. The van der Waals surface area contributed by atoms with E-state index < -0.39 is 5.82 Å². The molecule has 1 aliphatic heterocycles. The summed E-state index contributed by atoms with van der Waals surface area (Å²) < 4.78 is 18.9. The Labute approximate surface area is 110 Å². The fourth-order valence-corrected chi connectivity index (χ4v) is 2.28. The molecule has 0 fully saturated rings. The molecular weight excluding hydrogens is 245 g/mol. The molecule has 1 unspecified atom stereocenters. The number of halogens is 1. The average Bonchev–Trinajstić information content (AvgIpc) is 2.40. The number of carbonyl (C=O) groups is 1. The van der Waals surface area contributed by atoms with Crippen LogP contribution in [0.3, 0.4) is 0 Å². The van der Waals surface area contributed by atoms with Gasteiger partial charge in [0.1, 0.15) is 17.7 Å². The summed E-state index contributed by atoms with van der Waals surface area (Å²) in [6, 6.07) is 5.90. The van der Waals surface area contributed by atoms with E-state index in [0.29, 0.717) is 11.3 Å². The molecule has 0 bridgehead atoms. The highest BCUT2D eigenvalue weighted by Crippen LogP contribution is 2.35. The zero-order valence-corrected chi connectivity index (χ0v) is 10.4. The lowest BCUT2D eigenvalue weighted by atomic mass is 9.95. The number of aryl methyl sites for hydroxylation is 1. The van der Waals surface area contributed by atoms with Gasteiger partial charge in [0.25, 0.3) is 0 Å². The van der Waals surface area contributed by atoms with Crippen molar-refractivity contribution in [3.05, 3.63) is 59.2 Å². The maximum atomic E-state index is 13.1. The quantitative estimate of drug-likeness (QED) is 0.787. The highest BCUT2D eigenvalue weighted by Gasteiger charge is 2.28. The third-order valence-corrected chi connectivity index (χ3v) is 3.31. The Balaban J connectivity index is 2.00. The third kappa shape index (κ3) is 2.10.